The quantitative estimate of drug-likeness (QED) is 0.377. The molecule has 8 heteroatoms. The first-order chi connectivity index (χ1) is 16.0. The van der Waals surface area contributed by atoms with Gasteiger partial charge in [-0.25, -0.2) is 9.79 Å². The SMILES string of the molecule is CCOC(=O)C1=C(C)N=c2sc(=Cc3ccc(SC)cc3)c(=O)n2[C@H]1c1ccc(SC)cc1. The first-order valence-electron chi connectivity index (χ1n) is 10.4. The van der Waals surface area contributed by atoms with E-state index in [2.05, 4.69) is 4.99 Å². The van der Waals surface area contributed by atoms with E-state index in [1.54, 1.807) is 41.9 Å². The van der Waals surface area contributed by atoms with Crippen molar-refractivity contribution in [3.63, 3.8) is 0 Å². The first-order valence-corrected chi connectivity index (χ1v) is 13.7. The summed E-state index contributed by atoms with van der Waals surface area (Å²) in [4.78, 5) is 34.0. The van der Waals surface area contributed by atoms with E-state index in [9.17, 15) is 9.59 Å². The second-order valence-electron chi connectivity index (χ2n) is 7.35. The molecule has 1 aliphatic rings. The summed E-state index contributed by atoms with van der Waals surface area (Å²) in [5.41, 5.74) is 2.60. The molecule has 0 fully saturated rings. The van der Waals surface area contributed by atoms with Crippen molar-refractivity contribution in [3.05, 3.63) is 90.6 Å². The highest BCUT2D eigenvalue weighted by atomic mass is 32.2. The van der Waals surface area contributed by atoms with Gasteiger partial charge in [-0.2, -0.15) is 0 Å². The molecule has 0 unspecified atom stereocenters. The molecule has 0 N–H and O–H groups in total. The van der Waals surface area contributed by atoms with Gasteiger partial charge in [0.1, 0.15) is 0 Å². The number of thioether (sulfide) groups is 2. The van der Waals surface area contributed by atoms with E-state index in [4.69, 9.17) is 4.74 Å². The lowest BCUT2D eigenvalue weighted by molar-refractivity contribution is -0.139. The largest absolute Gasteiger partial charge is 0.463 e. The molecule has 0 radical (unpaired) electrons. The van der Waals surface area contributed by atoms with Gasteiger partial charge in [0.15, 0.2) is 4.80 Å². The third-order valence-corrected chi connectivity index (χ3v) is 7.83. The Morgan fingerprint density at radius 3 is 2.27 bits per heavy atom. The number of fused-ring (bicyclic) bond motifs is 1. The number of aromatic nitrogens is 1. The van der Waals surface area contributed by atoms with Gasteiger partial charge in [-0.15, -0.1) is 23.5 Å². The van der Waals surface area contributed by atoms with Crippen LogP contribution in [0, 0.1) is 0 Å². The molecule has 0 saturated carbocycles. The van der Waals surface area contributed by atoms with E-state index in [-0.39, 0.29) is 12.2 Å². The van der Waals surface area contributed by atoms with Crippen molar-refractivity contribution in [2.45, 2.75) is 29.7 Å². The minimum atomic E-state index is -0.586. The van der Waals surface area contributed by atoms with Crippen LogP contribution in [0.3, 0.4) is 0 Å². The third kappa shape index (κ3) is 4.74. The number of ether oxygens (including phenoxy) is 1. The molecular formula is C25H24N2O3S3. The fraction of sp³-hybridized carbons (Fsp3) is 0.240. The smallest absolute Gasteiger partial charge is 0.338 e. The molecule has 0 amide bonds. The van der Waals surface area contributed by atoms with E-state index in [1.807, 2.05) is 67.1 Å². The number of hydrogen-bond acceptors (Lipinski definition) is 7. The maximum absolute atomic E-state index is 13.6. The predicted octanol–water partition coefficient (Wildman–Crippen LogP) is 4.24. The van der Waals surface area contributed by atoms with Crippen LogP contribution in [-0.2, 0) is 9.53 Å². The molecule has 0 saturated heterocycles. The van der Waals surface area contributed by atoms with E-state index >= 15 is 0 Å². The lowest BCUT2D eigenvalue weighted by atomic mass is 9.96. The second-order valence-corrected chi connectivity index (χ2v) is 10.1. The number of esters is 1. The Balaban J connectivity index is 1.90. The maximum Gasteiger partial charge on any atom is 0.338 e. The van der Waals surface area contributed by atoms with E-state index < -0.39 is 12.0 Å². The van der Waals surface area contributed by atoms with Crippen molar-refractivity contribution in [2.24, 2.45) is 4.99 Å². The Hall–Kier alpha value is -2.55. The molecular weight excluding hydrogens is 472 g/mol. The summed E-state index contributed by atoms with van der Waals surface area (Å²) in [7, 11) is 0. The molecule has 2 heterocycles. The van der Waals surface area contributed by atoms with Crippen LogP contribution in [0.1, 0.15) is 31.0 Å². The van der Waals surface area contributed by atoms with Gasteiger partial charge >= 0.3 is 5.97 Å². The number of carbonyl (C=O) groups excluding carboxylic acids is 1. The van der Waals surface area contributed by atoms with Crippen molar-refractivity contribution in [1.82, 2.24) is 4.57 Å². The molecule has 170 valence electrons. The zero-order valence-corrected chi connectivity index (χ0v) is 21.3. The minimum Gasteiger partial charge on any atom is -0.463 e. The highest BCUT2D eigenvalue weighted by Crippen LogP contribution is 2.31. The summed E-state index contributed by atoms with van der Waals surface area (Å²) in [5.74, 6) is -0.445. The Bertz CT molecular complexity index is 1380. The van der Waals surface area contributed by atoms with Gasteiger partial charge in [-0.3, -0.25) is 9.36 Å². The third-order valence-electron chi connectivity index (χ3n) is 5.36. The number of allylic oxidation sites excluding steroid dienone is 1. The van der Waals surface area contributed by atoms with Gasteiger partial charge in [-0.05, 0) is 67.8 Å². The van der Waals surface area contributed by atoms with Crippen LogP contribution in [0.4, 0.5) is 0 Å². The average Bonchev–Trinajstić information content (AvgIpc) is 3.13. The van der Waals surface area contributed by atoms with Crippen molar-refractivity contribution in [3.8, 4) is 0 Å². The molecule has 33 heavy (non-hydrogen) atoms. The van der Waals surface area contributed by atoms with Crippen LogP contribution in [0.2, 0.25) is 0 Å². The summed E-state index contributed by atoms with van der Waals surface area (Å²) < 4.78 is 7.55. The molecule has 4 rings (SSSR count). The summed E-state index contributed by atoms with van der Waals surface area (Å²) in [5, 5.41) is 0. The standard InChI is InChI=1S/C25H24N2O3S3/c1-5-30-24(29)21-15(2)26-25-27(22(21)17-8-12-19(32-4)13-9-17)23(28)20(33-25)14-16-6-10-18(31-3)11-7-16/h6-14,22H,5H2,1-4H3/t22-/m0/s1. The number of carbonyl (C=O) groups is 1. The molecule has 5 nitrogen and oxygen atoms in total. The van der Waals surface area contributed by atoms with Crippen LogP contribution in [0.5, 0.6) is 0 Å². The molecule has 0 aliphatic carbocycles. The van der Waals surface area contributed by atoms with Gasteiger partial charge in [0, 0.05) is 9.79 Å². The van der Waals surface area contributed by atoms with Crippen molar-refractivity contribution in [2.75, 3.05) is 19.1 Å². The second kappa shape index (κ2) is 10.2. The van der Waals surface area contributed by atoms with Crippen molar-refractivity contribution < 1.29 is 9.53 Å². The summed E-state index contributed by atoms with van der Waals surface area (Å²) in [6.45, 7) is 3.82. The highest BCUT2D eigenvalue weighted by Gasteiger charge is 2.33. The molecule has 0 spiro atoms. The molecule has 2 aromatic carbocycles. The van der Waals surface area contributed by atoms with E-state index in [0.29, 0.717) is 20.6 Å². The van der Waals surface area contributed by atoms with Crippen LogP contribution in [-0.4, -0.2) is 29.7 Å². The molecule has 1 aliphatic heterocycles. The lowest BCUT2D eigenvalue weighted by Crippen LogP contribution is -2.39. The Labute approximate surface area is 204 Å². The predicted molar refractivity (Wildman–Crippen MR) is 137 cm³/mol. The highest BCUT2D eigenvalue weighted by molar-refractivity contribution is 7.98. The molecule has 1 atom stereocenters. The number of benzene rings is 2. The number of thiazole rings is 1. The number of hydrogen-bond donors (Lipinski definition) is 0. The molecule has 0 bridgehead atoms. The monoisotopic (exact) mass is 496 g/mol. The minimum absolute atomic E-state index is 0.166. The Morgan fingerprint density at radius 2 is 1.70 bits per heavy atom. The fourth-order valence-corrected chi connectivity index (χ4v) is 5.61. The fourth-order valence-electron chi connectivity index (χ4n) is 3.74. The van der Waals surface area contributed by atoms with Crippen LogP contribution >= 0.6 is 34.9 Å². The van der Waals surface area contributed by atoms with Gasteiger partial charge in [0.25, 0.3) is 5.56 Å². The Morgan fingerprint density at radius 1 is 1.09 bits per heavy atom. The Kier molecular flexibility index (Phi) is 7.26. The zero-order chi connectivity index (χ0) is 23.5. The van der Waals surface area contributed by atoms with Gasteiger partial charge in [0.2, 0.25) is 0 Å². The summed E-state index contributed by atoms with van der Waals surface area (Å²) in [6, 6.07) is 15.4. The van der Waals surface area contributed by atoms with Gasteiger partial charge in [-0.1, -0.05) is 35.6 Å². The normalized spacial score (nSPS) is 15.9. The lowest BCUT2D eigenvalue weighted by Gasteiger charge is -2.24. The summed E-state index contributed by atoms with van der Waals surface area (Å²) >= 11 is 4.65. The van der Waals surface area contributed by atoms with Crippen LogP contribution in [0.25, 0.3) is 6.08 Å². The average molecular weight is 497 g/mol. The van der Waals surface area contributed by atoms with Crippen molar-refractivity contribution in [1.29, 1.82) is 0 Å². The summed E-state index contributed by atoms with van der Waals surface area (Å²) in [6.07, 6.45) is 5.92. The first kappa shape index (κ1) is 23.6. The molecule has 1 aromatic heterocycles. The topological polar surface area (TPSA) is 60.7 Å². The van der Waals surface area contributed by atoms with Crippen LogP contribution < -0.4 is 14.9 Å². The van der Waals surface area contributed by atoms with E-state index in [1.165, 1.54) is 11.3 Å². The number of nitrogens with zero attached hydrogens (tertiary/aromatic N) is 2. The van der Waals surface area contributed by atoms with Crippen molar-refractivity contribution >= 4 is 46.9 Å². The number of rotatable bonds is 6. The van der Waals surface area contributed by atoms with Gasteiger partial charge < -0.3 is 4.74 Å². The maximum atomic E-state index is 13.6. The van der Waals surface area contributed by atoms with Crippen LogP contribution in [0.15, 0.2) is 79.4 Å². The molecule has 3 aromatic rings. The zero-order valence-electron chi connectivity index (χ0n) is 18.8. The van der Waals surface area contributed by atoms with E-state index in [0.717, 1.165) is 20.9 Å². The van der Waals surface area contributed by atoms with Gasteiger partial charge in [0.05, 0.1) is 28.5 Å².